The van der Waals surface area contributed by atoms with Crippen molar-refractivity contribution in [1.29, 1.82) is 5.26 Å². The first kappa shape index (κ1) is 16.3. The van der Waals surface area contributed by atoms with Crippen LogP contribution in [0, 0.1) is 11.3 Å². The Kier molecular flexibility index (Phi) is 4.43. The van der Waals surface area contributed by atoms with Gasteiger partial charge in [-0.15, -0.1) is 0 Å². The van der Waals surface area contributed by atoms with E-state index in [0.717, 1.165) is 10.9 Å². The van der Waals surface area contributed by atoms with E-state index in [0.29, 0.717) is 16.1 Å². The number of halogens is 1. The Morgan fingerprint density at radius 2 is 1.67 bits per heavy atom. The summed E-state index contributed by atoms with van der Waals surface area (Å²) in [6, 6.07) is 19.1. The van der Waals surface area contributed by atoms with Crippen LogP contribution in [0.1, 0.15) is 5.56 Å². The fourth-order valence-corrected chi connectivity index (χ4v) is 4.13. The first-order valence-electron chi connectivity index (χ1n) is 7.17. The maximum atomic E-state index is 12.8. The summed E-state index contributed by atoms with van der Waals surface area (Å²) >= 11 is 6.20. The lowest BCUT2D eigenvalue weighted by Gasteiger charge is -2.12. The van der Waals surface area contributed by atoms with Crippen LogP contribution < -0.4 is 4.72 Å². The third-order valence-corrected chi connectivity index (χ3v) is 5.33. The molecule has 0 saturated heterocycles. The predicted octanol–water partition coefficient (Wildman–Crippen LogP) is 4.36. The number of hydrogen-bond donors (Lipinski definition) is 1. The van der Waals surface area contributed by atoms with Crippen molar-refractivity contribution < 1.29 is 8.42 Å². The fourth-order valence-electron chi connectivity index (χ4n) is 2.48. The molecule has 0 spiro atoms. The lowest BCUT2D eigenvalue weighted by molar-refractivity contribution is 0.602. The summed E-state index contributed by atoms with van der Waals surface area (Å²) in [6.45, 7) is 0. The number of sulfonamides is 1. The van der Waals surface area contributed by atoms with Gasteiger partial charge in [0.15, 0.2) is 0 Å². The molecule has 0 atom stereocenters. The number of nitrogens with zero attached hydrogens (tertiary/aromatic N) is 1. The molecule has 0 aliphatic heterocycles. The largest absolute Gasteiger partial charge is 0.280 e. The molecule has 0 bridgehead atoms. The van der Waals surface area contributed by atoms with Gasteiger partial charge < -0.3 is 0 Å². The number of benzene rings is 3. The molecule has 4 nitrogen and oxygen atoms in total. The van der Waals surface area contributed by atoms with Crippen LogP contribution >= 0.6 is 11.6 Å². The first-order chi connectivity index (χ1) is 11.5. The van der Waals surface area contributed by atoms with Crippen molar-refractivity contribution in [2.45, 2.75) is 11.3 Å². The zero-order valence-corrected chi connectivity index (χ0v) is 14.1. The van der Waals surface area contributed by atoms with Crippen molar-refractivity contribution in [2.75, 3.05) is 4.72 Å². The van der Waals surface area contributed by atoms with Crippen molar-refractivity contribution in [3.63, 3.8) is 0 Å². The molecule has 1 N–H and O–H groups in total. The van der Waals surface area contributed by atoms with Gasteiger partial charge in [-0.3, -0.25) is 4.72 Å². The highest BCUT2D eigenvalue weighted by Gasteiger charge is 2.19. The van der Waals surface area contributed by atoms with Crippen molar-refractivity contribution >= 4 is 38.1 Å². The zero-order valence-electron chi connectivity index (χ0n) is 12.5. The fraction of sp³-hybridized carbons (Fsp3) is 0.0556. The molecule has 3 aromatic rings. The van der Waals surface area contributed by atoms with E-state index < -0.39 is 10.0 Å². The lowest BCUT2D eigenvalue weighted by Crippen LogP contribution is -2.13. The highest BCUT2D eigenvalue weighted by Crippen LogP contribution is 2.30. The van der Waals surface area contributed by atoms with Crippen LogP contribution in [0.25, 0.3) is 10.8 Å². The molecule has 0 unspecified atom stereocenters. The van der Waals surface area contributed by atoms with Crippen LogP contribution in [0.4, 0.5) is 5.69 Å². The Balaban J connectivity index is 2.01. The Hall–Kier alpha value is -2.55. The summed E-state index contributed by atoms with van der Waals surface area (Å²) in [6.07, 6.45) is 0.284. The van der Waals surface area contributed by atoms with E-state index in [1.165, 1.54) is 6.07 Å². The van der Waals surface area contributed by atoms with E-state index in [1.54, 1.807) is 42.5 Å². The van der Waals surface area contributed by atoms with Crippen molar-refractivity contribution in [1.82, 2.24) is 0 Å². The van der Waals surface area contributed by atoms with Gasteiger partial charge in [0.2, 0.25) is 0 Å². The average Bonchev–Trinajstić information content (AvgIpc) is 2.56. The molecule has 24 heavy (non-hydrogen) atoms. The number of rotatable bonds is 4. The summed E-state index contributed by atoms with van der Waals surface area (Å²) in [5, 5.41) is 10.3. The van der Waals surface area contributed by atoms with E-state index in [-0.39, 0.29) is 11.3 Å². The van der Waals surface area contributed by atoms with E-state index in [4.69, 9.17) is 16.9 Å². The van der Waals surface area contributed by atoms with E-state index in [1.807, 2.05) is 12.1 Å². The normalized spacial score (nSPS) is 11.2. The minimum atomic E-state index is -3.79. The van der Waals surface area contributed by atoms with Gasteiger partial charge in [0.05, 0.1) is 17.4 Å². The minimum Gasteiger partial charge on any atom is -0.280 e. The second-order valence-corrected chi connectivity index (χ2v) is 7.29. The minimum absolute atomic E-state index is 0.131. The van der Waals surface area contributed by atoms with Crippen LogP contribution in [0.15, 0.2) is 65.6 Å². The first-order valence-corrected chi connectivity index (χ1v) is 9.03. The summed E-state index contributed by atoms with van der Waals surface area (Å²) in [5.41, 5.74) is 1.26. The van der Waals surface area contributed by atoms with Crippen LogP contribution in [-0.4, -0.2) is 8.42 Å². The molecule has 0 aliphatic rings. The number of fused-ring (bicyclic) bond motifs is 1. The third kappa shape index (κ3) is 3.21. The Labute approximate surface area is 145 Å². The van der Waals surface area contributed by atoms with Crippen molar-refractivity contribution in [3.8, 4) is 6.07 Å². The summed E-state index contributed by atoms with van der Waals surface area (Å²) in [5.74, 6) is 0. The van der Waals surface area contributed by atoms with Gasteiger partial charge in [-0.25, -0.2) is 8.42 Å². The Morgan fingerprint density at radius 3 is 2.33 bits per heavy atom. The standard InChI is InChI=1S/C18H13ClN2O2S/c19-16-5-1-3-14-4-2-6-17(18(14)16)24(22,23)21-15-9-7-13(8-10-15)11-12-20/h1-10,21H,11H2. The molecule has 0 saturated carbocycles. The molecule has 0 aliphatic carbocycles. The molecule has 3 rings (SSSR count). The van der Waals surface area contributed by atoms with Gasteiger partial charge in [-0.05, 0) is 35.2 Å². The highest BCUT2D eigenvalue weighted by molar-refractivity contribution is 7.93. The van der Waals surface area contributed by atoms with Crippen LogP contribution in [-0.2, 0) is 16.4 Å². The van der Waals surface area contributed by atoms with Crippen molar-refractivity contribution in [2.24, 2.45) is 0 Å². The molecular weight excluding hydrogens is 344 g/mol. The molecule has 0 radical (unpaired) electrons. The highest BCUT2D eigenvalue weighted by atomic mass is 35.5. The maximum absolute atomic E-state index is 12.8. The number of hydrogen-bond acceptors (Lipinski definition) is 3. The predicted molar refractivity (Wildman–Crippen MR) is 95.5 cm³/mol. The van der Waals surface area contributed by atoms with Gasteiger partial charge >= 0.3 is 0 Å². The Morgan fingerprint density at radius 1 is 1.00 bits per heavy atom. The lowest BCUT2D eigenvalue weighted by atomic mass is 10.1. The zero-order chi connectivity index (χ0) is 17.2. The maximum Gasteiger partial charge on any atom is 0.262 e. The van der Waals surface area contributed by atoms with Gasteiger partial charge in [-0.1, -0.05) is 48.0 Å². The number of anilines is 1. The summed E-state index contributed by atoms with van der Waals surface area (Å²) in [4.78, 5) is 0.131. The SMILES string of the molecule is N#CCc1ccc(NS(=O)(=O)c2cccc3cccc(Cl)c23)cc1. The van der Waals surface area contributed by atoms with Crippen LogP contribution in [0.5, 0.6) is 0 Å². The smallest absolute Gasteiger partial charge is 0.262 e. The third-order valence-electron chi connectivity index (χ3n) is 3.59. The molecule has 0 aromatic heterocycles. The average molecular weight is 357 g/mol. The topological polar surface area (TPSA) is 70.0 Å². The molecule has 3 aromatic carbocycles. The molecule has 0 amide bonds. The molecule has 0 heterocycles. The number of nitrogens with one attached hydrogen (secondary N) is 1. The van der Waals surface area contributed by atoms with Crippen LogP contribution in [0.2, 0.25) is 5.02 Å². The second kappa shape index (κ2) is 6.52. The van der Waals surface area contributed by atoms with E-state index in [2.05, 4.69) is 10.8 Å². The van der Waals surface area contributed by atoms with Gasteiger partial charge in [0, 0.05) is 16.1 Å². The van der Waals surface area contributed by atoms with Gasteiger partial charge in [0.1, 0.15) is 0 Å². The van der Waals surface area contributed by atoms with E-state index >= 15 is 0 Å². The Bertz CT molecular complexity index is 1030. The van der Waals surface area contributed by atoms with Gasteiger partial charge in [0.25, 0.3) is 10.0 Å². The second-order valence-electron chi connectivity index (χ2n) is 5.23. The van der Waals surface area contributed by atoms with Gasteiger partial charge in [-0.2, -0.15) is 5.26 Å². The molecule has 0 fully saturated rings. The summed E-state index contributed by atoms with van der Waals surface area (Å²) in [7, 11) is -3.79. The molecule has 6 heteroatoms. The van der Waals surface area contributed by atoms with E-state index in [9.17, 15) is 8.42 Å². The monoisotopic (exact) mass is 356 g/mol. The summed E-state index contributed by atoms with van der Waals surface area (Å²) < 4.78 is 28.1. The number of nitriles is 1. The van der Waals surface area contributed by atoms with Crippen LogP contribution in [0.3, 0.4) is 0 Å². The van der Waals surface area contributed by atoms with Crippen molar-refractivity contribution in [3.05, 3.63) is 71.2 Å². The quantitative estimate of drug-likeness (QED) is 0.755. The molecular formula is C18H13ClN2O2S. The molecule has 120 valence electrons.